The van der Waals surface area contributed by atoms with Gasteiger partial charge in [-0.15, -0.1) is 0 Å². The van der Waals surface area contributed by atoms with Gasteiger partial charge in [-0.05, 0) is 44.4 Å². The Labute approximate surface area is 143 Å². The fourth-order valence-electron chi connectivity index (χ4n) is 2.89. The molecule has 0 amide bonds. The van der Waals surface area contributed by atoms with Crippen LogP contribution in [0.1, 0.15) is 26.2 Å². The average molecular weight is 370 g/mol. The molecule has 7 nitrogen and oxygen atoms in total. The summed E-state index contributed by atoms with van der Waals surface area (Å²) in [6.07, 6.45) is 1.95. The standard InChI is InChI=1S/C15H18N2O5S2/c1-2-22-14(18)12-5-3-4-8-17(12)24(20,21)10-6-7-11-13(9-10)23-15(19)16-11/h6-7,9,12H,2-5,8H2,1H3,(H,16,19). The number of esters is 1. The quantitative estimate of drug-likeness (QED) is 0.826. The molecular weight excluding hydrogens is 352 g/mol. The second kappa shape index (κ2) is 6.66. The molecule has 1 N–H and O–H groups in total. The van der Waals surface area contributed by atoms with Crippen LogP contribution in [0.25, 0.3) is 10.2 Å². The molecule has 2 heterocycles. The highest BCUT2D eigenvalue weighted by atomic mass is 32.2. The second-order valence-electron chi connectivity index (χ2n) is 5.55. The third-order valence-corrected chi connectivity index (χ3v) is 6.76. The molecule has 0 aliphatic carbocycles. The molecule has 1 atom stereocenters. The minimum Gasteiger partial charge on any atom is -0.465 e. The summed E-state index contributed by atoms with van der Waals surface area (Å²) in [4.78, 5) is 26.0. The fraction of sp³-hybridized carbons (Fsp3) is 0.467. The molecule has 1 aromatic heterocycles. The van der Waals surface area contributed by atoms with E-state index in [1.54, 1.807) is 13.0 Å². The van der Waals surface area contributed by atoms with Crippen molar-refractivity contribution >= 4 is 37.5 Å². The predicted molar refractivity (Wildman–Crippen MR) is 90.6 cm³/mol. The highest BCUT2D eigenvalue weighted by molar-refractivity contribution is 7.89. The molecule has 3 rings (SSSR count). The summed E-state index contributed by atoms with van der Waals surface area (Å²) in [7, 11) is -3.83. The van der Waals surface area contributed by atoms with E-state index in [-0.39, 0.29) is 22.9 Å². The van der Waals surface area contributed by atoms with Crippen LogP contribution in [0.3, 0.4) is 0 Å². The Morgan fingerprint density at radius 1 is 1.42 bits per heavy atom. The maximum absolute atomic E-state index is 13.0. The lowest BCUT2D eigenvalue weighted by molar-refractivity contribution is -0.148. The number of nitrogens with zero attached hydrogens (tertiary/aromatic N) is 1. The molecule has 1 fully saturated rings. The van der Waals surface area contributed by atoms with Crippen molar-refractivity contribution in [3.8, 4) is 0 Å². The topological polar surface area (TPSA) is 96.5 Å². The minimum absolute atomic E-state index is 0.0847. The molecule has 24 heavy (non-hydrogen) atoms. The van der Waals surface area contributed by atoms with E-state index < -0.39 is 22.0 Å². The number of fused-ring (bicyclic) bond motifs is 1. The summed E-state index contributed by atoms with van der Waals surface area (Å²) in [6.45, 7) is 2.20. The van der Waals surface area contributed by atoms with E-state index in [4.69, 9.17) is 4.74 Å². The third-order valence-electron chi connectivity index (χ3n) is 4.01. The molecular formula is C15H18N2O5S2. The molecule has 1 aromatic carbocycles. The van der Waals surface area contributed by atoms with Gasteiger partial charge in [0.25, 0.3) is 0 Å². The predicted octanol–water partition coefficient (Wildman–Crippen LogP) is 1.70. The second-order valence-corrected chi connectivity index (χ2v) is 8.46. The molecule has 130 valence electrons. The lowest BCUT2D eigenvalue weighted by atomic mass is 10.1. The number of carbonyl (C=O) groups excluding carboxylic acids is 1. The summed E-state index contributed by atoms with van der Waals surface area (Å²) in [6, 6.07) is 3.72. The number of aromatic nitrogens is 1. The molecule has 9 heteroatoms. The zero-order chi connectivity index (χ0) is 17.3. The van der Waals surface area contributed by atoms with Gasteiger partial charge in [-0.25, -0.2) is 8.42 Å². The van der Waals surface area contributed by atoms with Gasteiger partial charge in [-0.1, -0.05) is 11.3 Å². The number of aromatic amines is 1. The molecule has 0 spiro atoms. The Balaban J connectivity index is 1.99. The van der Waals surface area contributed by atoms with Crippen molar-refractivity contribution in [2.24, 2.45) is 0 Å². The number of nitrogens with one attached hydrogen (secondary N) is 1. The largest absolute Gasteiger partial charge is 0.465 e. The number of sulfonamides is 1. The number of hydrogen-bond donors (Lipinski definition) is 1. The first-order valence-electron chi connectivity index (χ1n) is 7.75. The zero-order valence-electron chi connectivity index (χ0n) is 13.1. The van der Waals surface area contributed by atoms with Gasteiger partial charge in [-0.3, -0.25) is 9.59 Å². The lowest BCUT2D eigenvalue weighted by Gasteiger charge is -2.32. The van der Waals surface area contributed by atoms with E-state index >= 15 is 0 Å². The van der Waals surface area contributed by atoms with Gasteiger partial charge in [0.15, 0.2) is 0 Å². The Morgan fingerprint density at radius 3 is 2.96 bits per heavy atom. The first-order valence-corrected chi connectivity index (χ1v) is 10.0. The van der Waals surface area contributed by atoms with Gasteiger partial charge in [0.05, 0.1) is 21.7 Å². The van der Waals surface area contributed by atoms with Gasteiger partial charge >= 0.3 is 10.8 Å². The molecule has 2 aromatic rings. The number of H-pyrrole nitrogens is 1. The summed E-state index contributed by atoms with van der Waals surface area (Å²) < 4.78 is 32.8. The Kier molecular flexibility index (Phi) is 4.75. The van der Waals surface area contributed by atoms with Crippen LogP contribution in [-0.4, -0.2) is 42.9 Å². The van der Waals surface area contributed by atoms with Crippen LogP contribution in [0, 0.1) is 0 Å². The maximum atomic E-state index is 13.0. The van der Waals surface area contributed by atoms with E-state index in [2.05, 4.69) is 4.98 Å². The van der Waals surface area contributed by atoms with Gasteiger partial charge in [0.2, 0.25) is 10.0 Å². The van der Waals surface area contributed by atoms with Crippen molar-refractivity contribution in [2.45, 2.75) is 37.1 Å². The summed E-state index contributed by atoms with van der Waals surface area (Å²) in [5, 5.41) is 0. The van der Waals surface area contributed by atoms with Gasteiger partial charge in [0.1, 0.15) is 6.04 Å². The van der Waals surface area contributed by atoms with Crippen molar-refractivity contribution in [3.63, 3.8) is 0 Å². The molecule has 1 aliphatic rings. The molecule has 0 radical (unpaired) electrons. The normalized spacial score (nSPS) is 19.5. The van der Waals surface area contributed by atoms with Crippen LogP contribution < -0.4 is 4.87 Å². The van der Waals surface area contributed by atoms with Gasteiger partial charge in [0, 0.05) is 6.54 Å². The Bertz CT molecular complexity index is 915. The first kappa shape index (κ1) is 17.1. The van der Waals surface area contributed by atoms with Crippen LogP contribution >= 0.6 is 11.3 Å². The number of carbonyl (C=O) groups is 1. The molecule has 1 saturated heterocycles. The van der Waals surface area contributed by atoms with Crippen LogP contribution in [0.15, 0.2) is 27.9 Å². The number of rotatable bonds is 4. The lowest BCUT2D eigenvalue weighted by Crippen LogP contribution is -2.48. The number of thiazole rings is 1. The number of piperidine rings is 1. The molecule has 0 bridgehead atoms. The SMILES string of the molecule is CCOC(=O)C1CCCCN1S(=O)(=O)c1ccc2[nH]c(=O)sc2c1. The van der Waals surface area contributed by atoms with E-state index in [9.17, 15) is 18.0 Å². The number of ether oxygens (including phenoxy) is 1. The van der Waals surface area contributed by atoms with Crippen molar-refractivity contribution < 1.29 is 17.9 Å². The summed E-state index contributed by atoms with van der Waals surface area (Å²) in [5.74, 6) is -0.506. The smallest absolute Gasteiger partial charge is 0.324 e. The number of hydrogen-bond acceptors (Lipinski definition) is 6. The zero-order valence-corrected chi connectivity index (χ0v) is 14.8. The van der Waals surface area contributed by atoms with E-state index in [1.165, 1.54) is 16.4 Å². The van der Waals surface area contributed by atoms with Crippen LogP contribution in [0.5, 0.6) is 0 Å². The minimum atomic E-state index is -3.83. The van der Waals surface area contributed by atoms with Crippen molar-refractivity contribution in [2.75, 3.05) is 13.2 Å². The number of benzene rings is 1. The van der Waals surface area contributed by atoms with E-state index in [0.717, 1.165) is 17.8 Å². The monoisotopic (exact) mass is 370 g/mol. The van der Waals surface area contributed by atoms with Crippen LogP contribution in [0.4, 0.5) is 0 Å². The van der Waals surface area contributed by atoms with E-state index in [0.29, 0.717) is 23.1 Å². The average Bonchev–Trinajstić information content (AvgIpc) is 2.94. The highest BCUT2D eigenvalue weighted by Crippen LogP contribution is 2.28. The van der Waals surface area contributed by atoms with Crippen molar-refractivity contribution in [1.82, 2.24) is 9.29 Å². The Hall–Kier alpha value is -1.71. The fourth-order valence-corrected chi connectivity index (χ4v) is 5.41. The van der Waals surface area contributed by atoms with E-state index in [1.807, 2.05) is 0 Å². The van der Waals surface area contributed by atoms with Crippen molar-refractivity contribution in [3.05, 3.63) is 27.9 Å². The molecule has 1 unspecified atom stereocenters. The maximum Gasteiger partial charge on any atom is 0.324 e. The molecule has 0 saturated carbocycles. The molecule has 1 aliphatic heterocycles. The first-order chi connectivity index (χ1) is 11.4. The van der Waals surface area contributed by atoms with Crippen molar-refractivity contribution in [1.29, 1.82) is 0 Å². The highest BCUT2D eigenvalue weighted by Gasteiger charge is 2.38. The van der Waals surface area contributed by atoms with Crippen LogP contribution in [-0.2, 0) is 19.6 Å². The van der Waals surface area contributed by atoms with Gasteiger partial charge < -0.3 is 9.72 Å². The summed E-state index contributed by atoms with van der Waals surface area (Å²) >= 11 is 0.959. The van der Waals surface area contributed by atoms with Crippen LogP contribution in [0.2, 0.25) is 0 Å². The third kappa shape index (κ3) is 3.11. The summed E-state index contributed by atoms with van der Waals surface area (Å²) in [5.41, 5.74) is 0.601. The van der Waals surface area contributed by atoms with Gasteiger partial charge in [-0.2, -0.15) is 4.31 Å². The Morgan fingerprint density at radius 2 is 2.21 bits per heavy atom.